The zero-order valence-electron chi connectivity index (χ0n) is 22.2. The van der Waals surface area contributed by atoms with Gasteiger partial charge in [0.2, 0.25) is 11.8 Å². The highest BCUT2D eigenvalue weighted by molar-refractivity contribution is 5.76. The average molecular weight is 504 g/mol. The lowest BCUT2D eigenvalue weighted by atomic mass is 10.1. The molecule has 8 nitrogen and oxygen atoms in total. The molecule has 2 aliphatic heterocycles. The number of pyridine rings is 1. The Morgan fingerprint density at radius 3 is 1.44 bits per heavy atom. The van der Waals surface area contributed by atoms with Crippen LogP contribution < -0.4 is 0 Å². The van der Waals surface area contributed by atoms with Gasteiger partial charge in [-0.1, -0.05) is 38.5 Å². The van der Waals surface area contributed by atoms with Crippen LogP contribution in [-0.4, -0.2) is 79.3 Å². The largest absolute Gasteiger partial charge is 0.377 e. The van der Waals surface area contributed by atoms with Crippen LogP contribution in [0.2, 0.25) is 0 Å². The molecule has 0 atom stereocenters. The Balaban J connectivity index is 1.82. The Morgan fingerprint density at radius 1 is 0.611 bits per heavy atom. The van der Waals surface area contributed by atoms with Gasteiger partial charge in [-0.05, 0) is 37.5 Å². The van der Waals surface area contributed by atoms with Gasteiger partial charge in [-0.25, -0.2) is 0 Å². The van der Waals surface area contributed by atoms with E-state index in [-0.39, 0.29) is 11.8 Å². The lowest BCUT2D eigenvalue weighted by Crippen LogP contribution is -2.35. The summed E-state index contributed by atoms with van der Waals surface area (Å²) in [6.45, 7) is 6.87. The van der Waals surface area contributed by atoms with Crippen LogP contribution in [0.15, 0.2) is 12.1 Å². The average Bonchev–Trinajstić information content (AvgIpc) is 2.85. The van der Waals surface area contributed by atoms with Crippen molar-refractivity contribution in [3.8, 4) is 0 Å². The van der Waals surface area contributed by atoms with Gasteiger partial charge < -0.3 is 24.0 Å². The molecule has 1 aromatic heterocycles. The SMILES string of the molecule is Cc1cc2nc(c1)CN1CCOCCOCCOCCN(C2)C(=O)CCCCCCCCCCC1=O. The minimum Gasteiger partial charge on any atom is -0.377 e. The van der Waals surface area contributed by atoms with Gasteiger partial charge in [0.05, 0.1) is 64.1 Å². The monoisotopic (exact) mass is 503 g/mol. The fraction of sp³-hybridized carbons (Fsp3) is 0.750. The maximum absolute atomic E-state index is 13.1. The van der Waals surface area contributed by atoms with Crippen LogP contribution in [0.4, 0.5) is 0 Å². The first-order valence-corrected chi connectivity index (χ1v) is 13.9. The molecule has 202 valence electrons. The molecular weight excluding hydrogens is 458 g/mol. The van der Waals surface area contributed by atoms with Gasteiger partial charge in [-0.3, -0.25) is 14.6 Å². The van der Waals surface area contributed by atoms with E-state index in [1.807, 2.05) is 28.9 Å². The third kappa shape index (κ3) is 10.9. The highest BCUT2D eigenvalue weighted by atomic mass is 16.5. The molecule has 2 amide bonds. The smallest absolute Gasteiger partial charge is 0.222 e. The molecule has 8 heteroatoms. The fourth-order valence-electron chi connectivity index (χ4n) is 4.77. The Morgan fingerprint density at radius 2 is 1.00 bits per heavy atom. The van der Waals surface area contributed by atoms with Crippen LogP contribution in [0.1, 0.15) is 81.2 Å². The molecule has 3 rings (SSSR count). The predicted molar refractivity (Wildman–Crippen MR) is 138 cm³/mol. The zero-order chi connectivity index (χ0) is 25.4. The molecule has 0 unspecified atom stereocenters. The number of nitrogens with zero attached hydrogens (tertiary/aromatic N) is 3. The predicted octanol–water partition coefficient (Wildman–Crippen LogP) is 4.03. The van der Waals surface area contributed by atoms with Crippen molar-refractivity contribution in [3.05, 3.63) is 29.1 Å². The van der Waals surface area contributed by atoms with Crippen LogP contribution >= 0.6 is 0 Å². The number of aromatic nitrogens is 1. The third-order valence-corrected chi connectivity index (χ3v) is 6.77. The minimum atomic E-state index is 0.154. The van der Waals surface area contributed by atoms with Gasteiger partial charge in [0, 0.05) is 25.9 Å². The first-order chi connectivity index (χ1) is 17.6. The molecule has 2 aliphatic rings. The van der Waals surface area contributed by atoms with Gasteiger partial charge in [0.15, 0.2) is 0 Å². The molecule has 0 N–H and O–H groups in total. The number of rotatable bonds is 0. The molecule has 0 saturated heterocycles. The summed E-state index contributed by atoms with van der Waals surface area (Å²) in [7, 11) is 0. The van der Waals surface area contributed by atoms with Gasteiger partial charge >= 0.3 is 0 Å². The number of ether oxygens (including phenoxy) is 3. The zero-order valence-corrected chi connectivity index (χ0v) is 22.2. The second-order valence-electron chi connectivity index (χ2n) is 9.92. The van der Waals surface area contributed by atoms with Crippen molar-refractivity contribution in [2.24, 2.45) is 0 Å². The van der Waals surface area contributed by atoms with E-state index in [4.69, 9.17) is 19.2 Å². The van der Waals surface area contributed by atoms with Crippen molar-refractivity contribution >= 4 is 11.8 Å². The molecule has 0 radical (unpaired) electrons. The number of amides is 2. The molecule has 0 aromatic carbocycles. The quantitative estimate of drug-likeness (QED) is 0.532. The summed E-state index contributed by atoms with van der Waals surface area (Å²) in [6, 6.07) is 4.07. The highest BCUT2D eigenvalue weighted by Crippen LogP contribution is 2.16. The van der Waals surface area contributed by atoms with E-state index >= 15 is 0 Å². The lowest BCUT2D eigenvalue weighted by molar-refractivity contribution is -0.133. The molecule has 0 aliphatic carbocycles. The fourth-order valence-corrected chi connectivity index (χ4v) is 4.77. The maximum Gasteiger partial charge on any atom is 0.222 e. The Labute approximate surface area is 216 Å². The van der Waals surface area contributed by atoms with Gasteiger partial charge in [0.25, 0.3) is 0 Å². The Kier molecular flexibility index (Phi) is 13.2. The van der Waals surface area contributed by atoms with Crippen molar-refractivity contribution in [1.82, 2.24) is 14.8 Å². The van der Waals surface area contributed by atoms with Gasteiger partial charge in [-0.2, -0.15) is 0 Å². The topological polar surface area (TPSA) is 81.2 Å². The van der Waals surface area contributed by atoms with Gasteiger partial charge in [0.1, 0.15) is 0 Å². The number of aryl methyl sites for hydroxylation is 1. The second-order valence-corrected chi connectivity index (χ2v) is 9.92. The van der Waals surface area contributed by atoms with E-state index in [0.717, 1.165) is 55.5 Å². The normalized spacial score (nSPS) is 21.7. The van der Waals surface area contributed by atoms with Crippen LogP contribution in [0.5, 0.6) is 0 Å². The summed E-state index contributed by atoms with van der Waals surface area (Å²) in [5.41, 5.74) is 2.79. The van der Waals surface area contributed by atoms with Crippen LogP contribution in [0.3, 0.4) is 0 Å². The molecule has 1 aromatic rings. The number of carbonyl (C=O) groups excluding carboxylic acids is 2. The summed E-state index contributed by atoms with van der Waals surface area (Å²) < 4.78 is 17.1. The summed E-state index contributed by atoms with van der Waals surface area (Å²) in [5, 5.41) is 0. The van der Waals surface area contributed by atoms with Crippen LogP contribution in [0, 0.1) is 6.92 Å². The summed E-state index contributed by atoms with van der Waals surface area (Å²) in [6.07, 6.45) is 9.82. The van der Waals surface area contributed by atoms with E-state index < -0.39 is 0 Å². The molecule has 4 bridgehead atoms. The summed E-state index contributed by atoms with van der Waals surface area (Å²) in [4.78, 5) is 34.9. The maximum atomic E-state index is 13.1. The van der Waals surface area contributed by atoms with Gasteiger partial charge in [-0.15, -0.1) is 0 Å². The Bertz CT molecular complexity index is 743. The highest BCUT2D eigenvalue weighted by Gasteiger charge is 2.18. The molecule has 0 saturated carbocycles. The summed E-state index contributed by atoms with van der Waals surface area (Å²) in [5.74, 6) is 0.307. The third-order valence-electron chi connectivity index (χ3n) is 6.77. The van der Waals surface area contributed by atoms with E-state index in [0.29, 0.717) is 78.7 Å². The van der Waals surface area contributed by atoms with Crippen molar-refractivity contribution in [3.63, 3.8) is 0 Å². The Hall–Kier alpha value is -2.03. The van der Waals surface area contributed by atoms with Crippen molar-refractivity contribution in [2.45, 2.75) is 84.2 Å². The number of hydrogen-bond acceptors (Lipinski definition) is 6. The van der Waals surface area contributed by atoms with E-state index in [9.17, 15) is 9.59 Å². The molecule has 0 spiro atoms. The van der Waals surface area contributed by atoms with Crippen molar-refractivity contribution in [2.75, 3.05) is 52.7 Å². The van der Waals surface area contributed by atoms with E-state index in [1.165, 1.54) is 12.8 Å². The molecular formula is C28H45N3O5. The van der Waals surface area contributed by atoms with Crippen molar-refractivity contribution in [1.29, 1.82) is 0 Å². The first-order valence-electron chi connectivity index (χ1n) is 13.9. The van der Waals surface area contributed by atoms with Crippen molar-refractivity contribution < 1.29 is 23.8 Å². The second kappa shape index (κ2) is 16.7. The molecule has 3 heterocycles. The lowest BCUT2D eigenvalue weighted by Gasteiger charge is -2.25. The number of carbonyl (C=O) groups is 2. The van der Waals surface area contributed by atoms with E-state index in [2.05, 4.69) is 0 Å². The van der Waals surface area contributed by atoms with Crippen LogP contribution in [0.25, 0.3) is 0 Å². The number of hydrogen-bond donors (Lipinski definition) is 0. The summed E-state index contributed by atoms with van der Waals surface area (Å²) >= 11 is 0. The standard InChI is InChI=1S/C28H45N3O5/c1-24-20-25-22-30-12-14-34-16-18-36-19-17-35-15-13-31(23-26(21-24)29-25)28(33)11-9-7-5-3-2-4-6-8-10-27(30)32/h20-21H,2-19,22-23H2,1H3. The first kappa shape index (κ1) is 28.5. The molecule has 36 heavy (non-hydrogen) atoms. The molecule has 0 fully saturated rings. The number of fused-ring (bicyclic) bond motifs is 2. The van der Waals surface area contributed by atoms with E-state index in [1.54, 1.807) is 0 Å². The minimum absolute atomic E-state index is 0.154. The van der Waals surface area contributed by atoms with Crippen LogP contribution in [-0.2, 0) is 36.9 Å².